The summed E-state index contributed by atoms with van der Waals surface area (Å²) in [5.74, 6) is -1.81. The molecule has 1 aliphatic rings. The van der Waals surface area contributed by atoms with Crippen LogP contribution < -0.4 is 5.32 Å². The number of amides is 1. The second-order valence-electron chi connectivity index (χ2n) is 6.07. The Bertz CT molecular complexity index is 587. The number of thiocarbonyl (C=S) groups is 1. The first kappa shape index (κ1) is 15.5. The van der Waals surface area contributed by atoms with Crippen LogP contribution in [0.1, 0.15) is 37.0 Å². The molecule has 1 aliphatic carbocycles. The molecule has 0 aromatic heterocycles. The third-order valence-electron chi connectivity index (χ3n) is 3.48. The summed E-state index contributed by atoms with van der Waals surface area (Å²) in [5.41, 5.74) is 0.111. The number of rotatable bonds is 2. The van der Waals surface area contributed by atoms with Gasteiger partial charge in [-0.05, 0) is 17.5 Å². The topological polar surface area (TPSA) is 63.2 Å². The fourth-order valence-corrected chi connectivity index (χ4v) is 2.88. The Morgan fingerprint density at radius 2 is 1.67 bits per heavy atom. The van der Waals surface area contributed by atoms with Crippen LogP contribution in [-0.4, -0.2) is 22.5 Å². The maximum atomic E-state index is 12.1. The standard InChI is InChI=1S/C16H17NO3S/c1-16(2)8-11(18)13(12(19)9-16)15(21)17-14(20)10-6-4-3-5-7-10/h3-7,13H,8-9H2,1-2H3,(H,17,20,21). The molecule has 5 heteroatoms. The van der Waals surface area contributed by atoms with E-state index in [0.29, 0.717) is 18.4 Å². The monoisotopic (exact) mass is 303 g/mol. The molecule has 0 aliphatic heterocycles. The van der Waals surface area contributed by atoms with E-state index in [1.165, 1.54) is 0 Å². The smallest absolute Gasteiger partial charge is 0.256 e. The van der Waals surface area contributed by atoms with E-state index in [1.54, 1.807) is 30.3 Å². The molecule has 0 bridgehead atoms. The van der Waals surface area contributed by atoms with Crippen molar-refractivity contribution in [1.82, 2.24) is 5.32 Å². The lowest BCUT2D eigenvalue weighted by Crippen LogP contribution is -2.47. The van der Waals surface area contributed by atoms with Gasteiger partial charge in [0.05, 0.1) is 0 Å². The van der Waals surface area contributed by atoms with Gasteiger partial charge in [-0.15, -0.1) is 0 Å². The Morgan fingerprint density at radius 1 is 1.14 bits per heavy atom. The highest BCUT2D eigenvalue weighted by molar-refractivity contribution is 7.80. The van der Waals surface area contributed by atoms with Gasteiger partial charge in [0.2, 0.25) is 0 Å². The van der Waals surface area contributed by atoms with Gasteiger partial charge in [-0.25, -0.2) is 0 Å². The summed E-state index contributed by atoms with van der Waals surface area (Å²) >= 11 is 5.11. The van der Waals surface area contributed by atoms with E-state index in [0.717, 1.165) is 0 Å². The van der Waals surface area contributed by atoms with Crippen molar-refractivity contribution >= 4 is 34.7 Å². The third kappa shape index (κ3) is 3.61. The molecule has 0 unspecified atom stereocenters. The van der Waals surface area contributed by atoms with Crippen LogP contribution >= 0.6 is 12.2 Å². The highest BCUT2D eigenvalue weighted by Crippen LogP contribution is 2.34. The van der Waals surface area contributed by atoms with Gasteiger partial charge in [0.1, 0.15) is 10.9 Å². The van der Waals surface area contributed by atoms with Crippen molar-refractivity contribution in [1.29, 1.82) is 0 Å². The van der Waals surface area contributed by atoms with Crippen LogP contribution in [0.25, 0.3) is 0 Å². The third-order valence-corrected chi connectivity index (χ3v) is 3.82. The van der Waals surface area contributed by atoms with E-state index in [4.69, 9.17) is 12.2 Å². The van der Waals surface area contributed by atoms with E-state index >= 15 is 0 Å². The maximum Gasteiger partial charge on any atom is 0.256 e. The first-order valence-electron chi connectivity index (χ1n) is 6.76. The average Bonchev–Trinajstić information content (AvgIpc) is 2.37. The number of benzene rings is 1. The van der Waals surface area contributed by atoms with E-state index in [2.05, 4.69) is 5.32 Å². The highest BCUT2D eigenvalue weighted by Gasteiger charge is 2.42. The molecule has 1 N–H and O–H groups in total. The van der Waals surface area contributed by atoms with Crippen LogP contribution in [0.15, 0.2) is 30.3 Å². The summed E-state index contributed by atoms with van der Waals surface area (Å²) < 4.78 is 0. The number of hydrogen-bond donors (Lipinski definition) is 1. The van der Waals surface area contributed by atoms with Gasteiger partial charge in [-0.2, -0.15) is 0 Å². The molecule has 0 spiro atoms. The van der Waals surface area contributed by atoms with Crippen molar-refractivity contribution in [3.05, 3.63) is 35.9 Å². The molecule has 21 heavy (non-hydrogen) atoms. The zero-order valence-electron chi connectivity index (χ0n) is 12.0. The van der Waals surface area contributed by atoms with Gasteiger partial charge in [0.15, 0.2) is 11.6 Å². The van der Waals surface area contributed by atoms with Crippen LogP contribution in [0.5, 0.6) is 0 Å². The predicted octanol–water partition coefficient (Wildman–Crippen LogP) is 2.32. The Hall–Kier alpha value is -1.88. The summed E-state index contributed by atoms with van der Waals surface area (Å²) in [6.45, 7) is 3.76. The van der Waals surface area contributed by atoms with Gasteiger partial charge < -0.3 is 5.32 Å². The normalized spacial score (nSPS) is 18.4. The summed E-state index contributed by atoms with van der Waals surface area (Å²) in [4.78, 5) is 36.3. The molecule has 1 aromatic carbocycles. The SMILES string of the molecule is CC1(C)CC(=O)C(C(=S)NC(=O)c2ccccc2)C(=O)C1. The lowest BCUT2D eigenvalue weighted by Gasteiger charge is -2.32. The number of Topliss-reactive ketones (excluding diaryl/α,β-unsaturated/α-hetero) is 2. The molecule has 0 atom stereocenters. The van der Waals surface area contributed by atoms with Crippen LogP contribution in [0.4, 0.5) is 0 Å². The molecule has 4 nitrogen and oxygen atoms in total. The predicted molar refractivity (Wildman–Crippen MR) is 83.0 cm³/mol. The summed E-state index contributed by atoms with van der Waals surface area (Å²) in [7, 11) is 0. The van der Waals surface area contributed by atoms with E-state index in [-0.39, 0.29) is 22.0 Å². The maximum absolute atomic E-state index is 12.1. The van der Waals surface area contributed by atoms with Gasteiger partial charge >= 0.3 is 0 Å². The fraction of sp³-hybridized carbons (Fsp3) is 0.375. The largest absolute Gasteiger partial charge is 0.315 e. The van der Waals surface area contributed by atoms with E-state index in [9.17, 15) is 14.4 Å². The molecule has 1 saturated carbocycles. The van der Waals surface area contributed by atoms with Crippen LogP contribution in [0, 0.1) is 11.3 Å². The molecule has 0 radical (unpaired) electrons. The Kier molecular flexibility index (Phi) is 4.32. The summed E-state index contributed by atoms with van der Waals surface area (Å²) in [6, 6.07) is 8.55. The number of carbonyl (C=O) groups excluding carboxylic acids is 3. The number of hydrogen-bond acceptors (Lipinski definition) is 4. The molecule has 2 rings (SSSR count). The number of nitrogens with one attached hydrogen (secondary N) is 1. The molecule has 110 valence electrons. The molecule has 1 fully saturated rings. The number of ketones is 2. The van der Waals surface area contributed by atoms with Gasteiger partial charge in [-0.3, -0.25) is 14.4 Å². The minimum Gasteiger partial charge on any atom is -0.315 e. The lowest BCUT2D eigenvalue weighted by molar-refractivity contribution is -0.136. The van der Waals surface area contributed by atoms with Crippen molar-refractivity contribution in [3.63, 3.8) is 0 Å². The van der Waals surface area contributed by atoms with Gasteiger partial charge in [0, 0.05) is 18.4 Å². The van der Waals surface area contributed by atoms with Crippen LogP contribution in [0.2, 0.25) is 0 Å². The van der Waals surface area contributed by atoms with Crippen molar-refractivity contribution in [2.75, 3.05) is 0 Å². The van der Waals surface area contributed by atoms with Crippen molar-refractivity contribution in [2.45, 2.75) is 26.7 Å². The van der Waals surface area contributed by atoms with Gasteiger partial charge in [0.25, 0.3) is 5.91 Å². The lowest BCUT2D eigenvalue weighted by atomic mass is 9.71. The Morgan fingerprint density at radius 3 is 2.19 bits per heavy atom. The quantitative estimate of drug-likeness (QED) is 0.673. The summed E-state index contributed by atoms with van der Waals surface area (Å²) in [6.07, 6.45) is 0.593. The minimum absolute atomic E-state index is 0.00866. The van der Waals surface area contributed by atoms with Crippen molar-refractivity contribution < 1.29 is 14.4 Å². The fourth-order valence-electron chi connectivity index (χ4n) is 2.53. The first-order chi connectivity index (χ1) is 9.80. The second-order valence-corrected chi connectivity index (χ2v) is 6.51. The number of carbonyl (C=O) groups is 3. The zero-order valence-corrected chi connectivity index (χ0v) is 12.8. The van der Waals surface area contributed by atoms with E-state index in [1.807, 2.05) is 13.8 Å². The van der Waals surface area contributed by atoms with Gasteiger partial charge in [-0.1, -0.05) is 44.3 Å². The highest BCUT2D eigenvalue weighted by atomic mass is 32.1. The Balaban J connectivity index is 2.09. The molecular weight excluding hydrogens is 286 g/mol. The minimum atomic E-state index is -0.985. The molecule has 0 saturated heterocycles. The Labute approximate surface area is 128 Å². The summed E-state index contributed by atoms with van der Waals surface area (Å²) in [5, 5.41) is 2.50. The van der Waals surface area contributed by atoms with E-state index < -0.39 is 11.8 Å². The van der Waals surface area contributed by atoms with Crippen molar-refractivity contribution in [3.8, 4) is 0 Å². The van der Waals surface area contributed by atoms with Crippen LogP contribution in [-0.2, 0) is 9.59 Å². The first-order valence-corrected chi connectivity index (χ1v) is 7.17. The van der Waals surface area contributed by atoms with Crippen molar-refractivity contribution in [2.24, 2.45) is 11.3 Å². The zero-order chi connectivity index (χ0) is 15.6. The average molecular weight is 303 g/mol. The molecular formula is C16H17NO3S. The molecule has 1 amide bonds. The molecule has 1 aromatic rings. The molecule has 0 heterocycles. The second kappa shape index (κ2) is 5.85. The van der Waals surface area contributed by atoms with Crippen LogP contribution in [0.3, 0.4) is 0 Å².